The summed E-state index contributed by atoms with van der Waals surface area (Å²) in [5, 5.41) is 5.99. The number of methoxy groups -OCH3 is 1. The Morgan fingerprint density at radius 1 is 1.40 bits per heavy atom. The van der Waals surface area contributed by atoms with Crippen LogP contribution in [0.5, 0.6) is 0 Å². The molecule has 0 atom stereocenters. The van der Waals surface area contributed by atoms with Gasteiger partial charge in [0.1, 0.15) is 0 Å². The van der Waals surface area contributed by atoms with Crippen molar-refractivity contribution < 1.29 is 9.53 Å². The van der Waals surface area contributed by atoms with E-state index in [2.05, 4.69) is 10.6 Å². The van der Waals surface area contributed by atoms with E-state index >= 15 is 0 Å². The van der Waals surface area contributed by atoms with Crippen molar-refractivity contribution in [3.8, 4) is 0 Å². The number of nitrogens with one attached hydrogen (secondary N) is 2. The molecule has 0 bridgehead atoms. The molecule has 0 heterocycles. The normalized spacial score (nSPS) is 18.3. The van der Waals surface area contributed by atoms with Crippen LogP contribution in [0.4, 0.5) is 0 Å². The van der Waals surface area contributed by atoms with Gasteiger partial charge in [0, 0.05) is 26.8 Å². The fraction of sp³-hybridized carbons (Fsp3) is 0.909. The number of rotatable bonds is 7. The topological polar surface area (TPSA) is 50.4 Å². The number of amides is 1. The first-order chi connectivity index (χ1) is 7.25. The molecule has 15 heavy (non-hydrogen) atoms. The Hall–Kier alpha value is -0.610. The summed E-state index contributed by atoms with van der Waals surface area (Å²) in [4.78, 5) is 11.9. The minimum atomic E-state index is -0.121. The summed E-state index contributed by atoms with van der Waals surface area (Å²) >= 11 is 0. The Morgan fingerprint density at radius 2 is 2.13 bits per heavy atom. The van der Waals surface area contributed by atoms with E-state index in [9.17, 15) is 4.79 Å². The number of carbonyl (C=O) groups is 1. The molecule has 0 aliphatic heterocycles. The molecule has 0 aromatic heterocycles. The summed E-state index contributed by atoms with van der Waals surface area (Å²) in [6.45, 7) is 2.22. The average molecular weight is 214 g/mol. The first-order valence-electron chi connectivity index (χ1n) is 5.67. The van der Waals surface area contributed by atoms with Gasteiger partial charge in [-0.3, -0.25) is 4.79 Å². The molecule has 0 radical (unpaired) electrons. The van der Waals surface area contributed by atoms with E-state index in [0.717, 1.165) is 25.8 Å². The molecule has 0 spiro atoms. The fourth-order valence-electron chi connectivity index (χ4n) is 1.98. The van der Waals surface area contributed by atoms with Gasteiger partial charge in [-0.15, -0.1) is 0 Å². The average Bonchev–Trinajstić information content (AvgIpc) is 2.17. The van der Waals surface area contributed by atoms with E-state index in [1.165, 1.54) is 6.42 Å². The van der Waals surface area contributed by atoms with Crippen LogP contribution >= 0.6 is 0 Å². The van der Waals surface area contributed by atoms with Crippen molar-refractivity contribution in [2.24, 2.45) is 5.41 Å². The highest BCUT2D eigenvalue weighted by Crippen LogP contribution is 2.44. The standard InChI is InChI=1S/C11H22N2O2/c1-12-7-8-13-10(14)11(4-3-5-11)6-9-15-2/h12H,3-9H2,1-2H3,(H,13,14). The molecule has 1 rings (SSSR count). The summed E-state index contributed by atoms with van der Waals surface area (Å²) in [5.41, 5.74) is -0.121. The third-order valence-corrected chi connectivity index (χ3v) is 3.24. The van der Waals surface area contributed by atoms with E-state index in [4.69, 9.17) is 4.74 Å². The quantitative estimate of drug-likeness (QED) is 0.608. The van der Waals surface area contributed by atoms with Gasteiger partial charge in [-0.05, 0) is 26.3 Å². The van der Waals surface area contributed by atoms with Crippen molar-refractivity contribution in [3.05, 3.63) is 0 Å². The molecule has 1 saturated carbocycles. The predicted octanol–water partition coefficient (Wildman–Crippen LogP) is 0.529. The Bertz CT molecular complexity index is 203. The van der Waals surface area contributed by atoms with E-state index in [0.29, 0.717) is 13.2 Å². The van der Waals surface area contributed by atoms with Gasteiger partial charge in [0.2, 0.25) is 5.91 Å². The van der Waals surface area contributed by atoms with Crippen LogP contribution in [0.15, 0.2) is 0 Å². The first-order valence-corrected chi connectivity index (χ1v) is 5.67. The lowest BCUT2D eigenvalue weighted by molar-refractivity contribution is -0.137. The van der Waals surface area contributed by atoms with Gasteiger partial charge < -0.3 is 15.4 Å². The molecular formula is C11H22N2O2. The molecule has 1 aliphatic carbocycles. The minimum absolute atomic E-state index is 0.121. The lowest BCUT2D eigenvalue weighted by Crippen LogP contribution is -2.47. The number of hydrogen-bond donors (Lipinski definition) is 2. The Kier molecular flexibility index (Phi) is 5.05. The van der Waals surface area contributed by atoms with Gasteiger partial charge in [-0.25, -0.2) is 0 Å². The van der Waals surface area contributed by atoms with Gasteiger partial charge in [0.15, 0.2) is 0 Å². The van der Waals surface area contributed by atoms with Crippen LogP contribution in [0.1, 0.15) is 25.7 Å². The lowest BCUT2D eigenvalue weighted by Gasteiger charge is -2.40. The summed E-state index contributed by atoms with van der Waals surface area (Å²) in [7, 11) is 3.57. The number of carbonyl (C=O) groups excluding carboxylic acids is 1. The first kappa shape index (κ1) is 12.5. The third kappa shape index (κ3) is 3.18. The summed E-state index contributed by atoms with van der Waals surface area (Å²) in [6, 6.07) is 0. The van der Waals surface area contributed by atoms with E-state index in [1.54, 1.807) is 7.11 Å². The zero-order chi connectivity index (χ0) is 11.1. The fourth-order valence-corrected chi connectivity index (χ4v) is 1.98. The van der Waals surface area contributed by atoms with Crippen LogP contribution in [0.3, 0.4) is 0 Å². The molecular weight excluding hydrogens is 192 g/mol. The maximum absolute atomic E-state index is 11.9. The number of likely N-dealkylation sites (N-methyl/N-ethyl adjacent to an activating group) is 1. The van der Waals surface area contributed by atoms with Gasteiger partial charge in [0.05, 0.1) is 5.41 Å². The summed E-state index contributed by atoms with van der Waals surface area (Å²) < 4.78 is 5.06. The Balaban J connectivity index is 2.32. The van der Waals surface area contributed by atoms with E-state index < -0.39 is 0 Å². The van der Waals surface area contributed by atoms with Crippen LogP contribution in [0, 0.1) is 5.41 Å². The third-order valence-electron chi connectivity index (χ3n) is 3.24. The van der Waals surface area contributed by atoms with Crippen molar-refractivity contribution in [3.63, 3.8) is 0 Å². The lowest BCUT2D eigenvalue weighted by atomic mass is 9.66. The van der Waals surface area contributed by atoms with E-state index in [1.807, 2.05) is 7.05 Å². The van der Waals surface area contributed by atoms with Crippen LogP contribution < -0.4 is 10.6 Å². The monoisotopic (exact) mass is 214 g/mol. The molecule has 0 aromatic rings. The van der Waals surface area contributed by atoms with Gasteiger partial charge >= 0.3 is 0 Å². The molecule has 4 heteroatoms. The SMILES string of the molecule is CNCCNC(=O)C1(CCOC)CCC1. The zero-order valence-electron chi connectivity index (χ0n) is 9.77. The van der Waals surface area contributed by atoms with E-state index in [-0.39, 0.29) is 11.3 Å². The second-order valence-corrected chi connectivity index (χ2v) is 4.24. The highest BCUT2D eigenvalue weighted by atomic mass is 16.5. The second-order valence-electron chi connectivity index (χ2n) is 4.24. The maximum atomic E-state index is 11.9. The second kappa shape index (κ2) is 6.08. The van der Waals surface area contributed by atoms with Gasteiger partial charge in [-0.2, -0.15) is 0 Å². The van der Waals surface area contributed by atoms with Crippen molar-refractivity contribution in [2.45, 2.75) is 25.7 Å². The Labute approximate surface area is 91.8 Å². The van der Waals surface area contributed by atoms with Crippen LogP contribution in [-0.4, -0.2) is 39.8 Å². The summed E-state index contributed by atoms with van der Waals surface area (Å²) in [6.07, 6.45) is 4.06. The van der Waals surface area contributed by atoms with Gasteiger partial charge in [-0.1, -0.05) is 6.42 Å². The Morgan fingerprint density at radius 3 is 2.60 bits per heavy atom. The van der Waals surface area contributed by atoms with Crippen LogP contribution in [0.25, 0.3) is 0 Å². The molecule has 4 nitrogen and oxygen atoms in total. The molecule has 88 valence electrons. The zero-order valence-corrected chi connectivity index (χ0v) is 9.77. The number of ether oxygens (including phenoxy) is 1. The minimum Gasteiger partial charge on any atom is -0.385 e. The van der Waals surface area contributed by atoms with Crippen molar-refractivity contribution in [1.29, 1.82) is 0 Å². The molecule has 0 saturated heterocycles. The smallest absolute Gasteiger partial charge is 0.226 e. The molecule has 1 amide bonds. The molecule has 0 aromatic carbocycles. The predicted molar refractivity (Wildman–Crippen MR) is 59.7 cm³/mol. The molecule has 2 N–H and O–H groups in total. The molecule has 1 aliphatic rings. The molecule has 1 fully saturated rings. The largest absolute Gasteiger partial charge is 0.385 e. The van der Waals surface area contributed by atoms with Crippen molar-refractivity contribution in [1.82, 2.24) is 10.6 Å². The molecule has 0 unspecified atom stereocenters. The van der Waals surface area contributed by atoms with Crippen molar-refractivity contribution >= 4 is 5.91 Å². The van der Waals surface area contributed by atoms with Crippen molar-refractivity contribution in [2.75, 3.05) is 33.9 Å². The maximum Gasteiger partial charge on any atom is 0.226 e. The highest BCUT2D eigenvalue weighted by molar-refractivity contribution is 5.83. The van der Waals surface area contributed by atoms with Crippen LogP contribution in [-0.2, 0) is 9.53 Å². The van der Waals surface area contributed by atoms with Crippen LogP contribution in [0.2, 0.25) is 0 Å². The number of hydrogen-bond acceptors (Lipinski definition) is 3. The summed E-state index contributed by atoms with van der Waals surface area (Å²) in [5.74, 6) is 0.209. The van der Waals surface area contributed by atoms with Gasteiger partial charge in [0.25, 0.3) is 0 Å². The highest BCUT2D eigenvalue weighted by Gasteiger charge is 2.43.